The van der Waals surface area contributed by atoms with Gasteiger partial charge in [0.25, 0.3) is 5.91 Å². The number of hydrogen-bond acceptors (Lipinski definition) is 8. The molecule has 43 heavy (non-hydrogen) atoms. The first-order valence-electron chi connectivity index (χ1n) is 14.3. The molecular weight excluding hydrogens is 548 g/mol. The number of imide groups is 1. The predicted octanol–water partition coefficient (Wildman–Crippen LogP) is 4.63. The average molecular weight is 581 g/mol. The standard InChI is InChI=1S/C32H32N6O5/c1-32(2,3)43-31(41)38-14-21-17(18-9-11-33-28-20(18)10-12-37(28)4)5-7-24(27(21)30(38)40)35-26-8-6-19-22-15-42-16-23(22)29(39)34-13-25(19)36-26/h5-12,22-23H,13-16H2,1-4H3,(H,34,39)(H,35,36). The van der Waals surface area contributed by atoms with Crippen LogP contribution < -0.4 is 10.6 Å². The largest absolute Gasteiger partial charge is 0.443 e. The van der Waals surface area contributed by atoms with Crippen molar-refractivity contribution in [1.82, 2.24) is 24.8 Å². The lowest BCUT2D eigenvalue weighted by Crippen LogP contribution is -2.37. The third kappa shape index (κ3) is 4.60. The smallest absolute Gasteiger partial charge is 0.417 e. The summed E-state index contributed by atoms with van der Waals surface area (Å²) < 4.78 is 13.1. The quantitative estimate of drug-likeness (QED) is 0.359. The topological polar surface area (TPSA) is 128 Å². The molecule has 1 saturated heterocycles. The molecule has 0 bridgehead atoms. The summed E-state index contributed by atoms with van der Waals surface area (Å²) in [5.41, 5.74) is 5.19. The summed E-state index contributed by atoms with van der Waals surface area (Å²) in [5, 5.41) is 7.24. The summed E-state index contributed by atoms with van der Waals surface area (Å²) >= 11 is 0. The monoisotopic (exact) mass is 580 g/mol. The fourth-order valence-corrected chi connectivity index (χ4v) is 6.26. The van der Waals surface area contributed by atoms with Gasteiger partial charge in [-0.1, -0.05) is 12.1 Å². The molecule has 0 radical (unpaired) electrons. The fourth-order valence-electron chi connectivity index (χ4n) is 6.26. The lowest BCUT2D eigenvalue weighted by molar-refractivity contribution is -0.125. The van der Waals surface area contributed by atoms with Gasteiger partial charge in [-0.15, -0.1) is 0 Å². The van der Waals surface area contributed by atoms with Crippen LogP contribution in [0.1, 0.15) is 53.9 Å². The van der Waals surface area contributed by atoms with Crippen LogP contribution in [0.5, 0.6) is 0 Å². The first-order valence-corrected chi connectivity index (χ1v) is 14.3. The third-order valence-corrected chi connectivity index (χ3v) is 8.28. The van der Waals surface area contributed by atoms with Gasteiger partial charge in [-0.25, -0.2) is 19.7 Å². The molecule has 2 N–H and O–H groups in total. The number of carbonyl (C=O) groups excluding carboxylic acids is 3. The molecule has 3 aliphatic heterocycles. The van der Waals surface area contributed by atoms with E-state index in [4.69, 9.17) is 14.5 Å². The van der Waals surface area contributed by atoms with Gasteiger partial charge in [-0.3, -0.25) is 9.59 Å². The number of fused-ring (bicyclic) bond motifs is 5. The second-order valence-corrected chi connectivity index (χ2v) is 12.2. The van der Waals surface area contributed by atoms with Crippen LogP contribution in [0.2, 0.25) is 0 Å². The van der Waals surface area contributed by atoms with Crippen LogP contribution in [0.15, 0.2) is 48.8 Å². The lowest BCUT2D eigenvalue weighted by Gasteiger charge is -2.23. The van der Waals surface area contributed by atoms with Gasteiger partial charge in [-0.2, -0.15) is 0 Å². The summed E-state index contributed by atoms with van der Waals surface area (Å²) in [5.74, 6) is -0.210. The first-order chi connectivity index (χ1) is 20.6. The van der Waals surface area contributed by atoms with Gasteiger partial charge in [0.2, 0.25) is 5.91 Å². The molecule has 3 aliphatic rings. The Morgan fingerprint density at radius 3 is 2.70 bits per heavy atom. The van der Waals surface area contributed by atoms with Gasteiger partial charge >= 0.3 is 6.09 Å². The molecule has 2 atom stereocenters. The van der Waals surface area contributed by atoms with Crippen molar-refractivity contribution in [3.8, 4) is 11.1 Å². The van der Waals surface area contributed by atoms with Gasteiger partial charge in [0.15, 0.2) is 0 Å². The van der Waals surface area contributed by atoms with Crippen LogP contribution in [0, 0.1) is 5.92 Å². The highest BCUT2D eigenvalue weighted by Crippen LogP contribution is 2.41. The molecule has 0 aliphatic carbocycles. The van der Waals surface area contributed by atoms with Gasteiger partial charge in [-0.05, 0) is 67.3 Å². The van der Waals surface area contributed by atoms with Crippen LogP contribution in [0.4, 0.5) is 16.3 Å². The van der Waals surface area contributed by atoms with E-state index < -0.39 is 17.6 Å². The molecular formula is C32H32N6O5. The molecule has 7 rings (SSSR count). The summed E-state index contributed by atoms with van der Waals surface area (Å²) in [7, 11) is 1.93. The van der Waals surface area contributed by atoms with Crippen LogP contribution in [-0.4, -0.2) is 56.2 Å². The zero-order valence-electron chi connectivity index (χ0n) is 24.4. The number of anilines is 2. The first kappa shape index (κ1) is 27.1. The van der Waals surface area contributed by atoms with E-state index >= 15 is 0 Å². The highest BCUT2D eigenvalue weighted by atomic mass is 16.6. The minimum absolute atomic E-state index is 0.0279. The second kappa shape index (κ2) is 9.91. The van der Waals surface area contributed by atoms with Crippen molar-refractivity contribution in [2.24, 2.45) is 13.0 Å². The highest BCUT2D eigenvalue weighted by molar-refractivity contribution is 6.12. The third-order valence-electron chi connectivity index (χ3n) is 8.28. The number of benzene rings is 1. The Kier molecular flexibility index (Phi) is 6.24. The summed E-state index contributed by atoms with van der Waals surface area (Å²) in [6.45, 7) is 6.57. The number of rotatable bonds is 3. The maximum absolute atomic E-state index is 13.9. The Bertz CT molecular complexity index is 1820. The van der Waals surface area contributed by atoms with E-state index in [2.05, 4.69) is 15.6 Å². The zero-order valence-corrected chi connectivity index (χ0v) is 24.4. The zero-order chi connectivity index (χ0) is 30.0. The number of nitrogens with one attached hydrogen (secondary N) is 2. The summed E-state index contributed by atoms with van der Waals surface area (Å²) in [4.78, 5) is 50.2. The molecule has 220 valence electrons. The molecule has 1 fully saturated rings. The van der Waals surface area contributed by atoms with Crippen LogP contribution >= 0.6 is 0 Å². The van der Waals surface area contributed by atoms with Crippen molar-refractivity contribution in [2.45, 2.75) is 45.4 Å². The lowest BCUT2D eigenvalue weighted by atomic mass is 9.88. The van der Waals surface area contributed by atoms with E-state index in [9.17, 15) is 14.4 Å². The van der Waals surface area contributed by atoms with Crippen molar-refractivity contribution in [3.63, 3.8) is 0 Å². The molecule has 0 saturated carbocycles. The number of aromatic nitrogens is 3. The molecule has 11 nitrogen and oxygen atoms in total. The normalized spacial score (nSPS) is 19.5. The van der Waals surface area contributed by atoms with E-state index in [0.29, 0.717) is 42.4 Å². The second-order valence-electron chi connectivity index (χ2n) is 12.2. The van der Waals surface area contributed by atoms with Gasteiger partial charge in [0, 0.05) is 30.7 Å². The number of pyridine rings is 2. The minimum atomic E-state index is -0.762. The molecule has 1 aromatic carbocycles. The van der Waals surface area contributed by atoms with Gasteiger partial charge < -0.3 is 24.7 Å². The number of carbonyl (C=O) groups is 3. The molecule has 2 unspecified atom stereocenters. The molecule has 4 aromatic rings. The van der Waals surface area contributed by atoms with Crippen molar-refractivity contribution < 1.29 is 23.9 Å². The molecule has 11 heteroatoms. The van der Waals surface area contributed by atoms with E-state index in [0.717, 1.165) is 38.3 Å². The van der Waals surface area contributed by atoms with Crippen LogP contribution in [0.25, 0.3) is 22.2 Å². The van der Waals surface area contributed by atoms with Gasteiger partial charge in [0.1, 0.15) is 17.1 Å². The maximum atomic E-state index is 13.9. The fraction of sp³-hybridized carbons (Fsp3) is 0.344. The van der Waals surface area contributed by atoms with Crippen molar-refractivity contribution in [3.05, 3.63) is 71.2 Å². The highest BCUT2D eigenvalue weighted by Gasteiger charge is 2.40. The maximum Gasteiger partial charge on any atom is 0.417 e. The number of nitrogens with zero attached hydrogens (tertiary/aromatic N) is 4. The molecule has 3 amide bonds. The van der Waals surface area contributed by atoms with E-state index in [1.807, 2.05) is 54.2 Å². The molecule has 6 heterocycles. The van der Waals surface area contributed by atoms with Crippen molar-refractivity contribution in [2.75, 3.05) is 18.5 Å². The van der Waals surface area contributed by atoms with E-state index in [1.54, 1.807) is 27.0 Å². The Morgan fingerprint density at radius 2 is 1.88 bits per heavy atom. The van der Waals surface area contributed by atoms with Crippen LogP contribution in [-0.2, 0) is 34.4 Å². The van der Waals surface area contributed by atoms with Crippen molar-refractivity contribution >= 4 is 40.4 Å². The molecule has 0 spiro atoms. The van der Waals surface area contributed by atoms with Crippen molar-refractivity contribution in [1.29, 1.82) is 0 Å². The van der Waals surface area contributed by atoms with Gasteiger partial charge in [0.05, 0.1) is 49.2 Å². The Morgan fingerprint density at radius 1 is 1.07 bits per heavy atom. The number of amides is 3. The number of aryl methyl sites for hydroxylation is 1. The molecule has 3 aromatic heterocycles. The summed E-state index contributed by atoms with van der Waals surface area (Å²) in [6.07, 6.45) is 3.00. The predicted molar refractivity (Wildman–Crippen MR) is 159 cm³/mol. The van der Waals surface area contributed by atoms with E-state index in [-0.39, 0.29) is 24.3 Å². The average Bonchev–Trinajstić information content (AvgIpc) is 3.67. The Balaban J connectivity index is 1.30. The Labute approximate surface area is 248 Å². The SMILES string of the molecule is Cn1ccc2c(-c3ccc(Nc4ccc5c(n4)CNC(=O)C4COCC54)c4c3CN(C(=O)OC(C)(C)C)C4=O)ccnc21. The van der Waals surface area contributed by atoms with E-state index in [1.165, 1.54) is 0 Å². The number of ether oxygens (including phenoxy) is 2. The Hall–Kier alpha value is -4.77. The van der Waals surface area contributed by atoms with Crippen LogP contribution in [0.3, 0.4) is 0 Å². The minimum Gasteiger partial charge on any atom is -0.443 e. The number of hydrogen-bond donors (Lipinski definition) is 2. The summed E-state index contributed by atoms with van der Waals surface area (Å²) in [6, 6.07) is 11.6.